The Labute approximate surface area is 96.0 Å². The first-order chi connectivity index (χ1) is 7.29. The maximum Gasteiger partial charge on any atom is 0.429 e. The van der Waals surface area contributed by atoms with Crippen molar-refractivity contribution in [1.82, 2.24) is 0 Å². The minimum Gasteiger partial charge on any atom is -0.442 e. The predicted octanol–water partition coefficient (Wildman–Crippen LogP) is 2.61. The van der Waals surface area contributed by atoms with E-state index in [-0.39, 0.29) is 0 Å². The minimum absolute atomic E-state index is 0.543. The summed E-state index contributed by atoms with van der Waals surface area (Å²) in [4.78, 5) is 11.6. The Hall–Kier alpha value is -1.55. The molecule has 2 N–H and O–H groups in total. The molecule has 0 saturated carbocycles. The number of amides is 1. The molecule has 16 heavy (non-hydrogen) atoms. The summed E-state index contributed by atoms with van der Waals surface area (Å²) < 4.78 is 5.16. The van der Waals surface area contributed by atoms with Crippen molar-refractivity contribution >= 4 is 11.8 Å². The Balaban J connectivity index is 2.78. The number of carbonyl (C=O) groups excluding carboxylic acids is 1. The van der Waals surface area contributed by atoms with Crippen molar-refractivity contribution in [1.29, 1.82) is 0 Å². The summed E-state index contributed by atoms with van der Waals surface area (Å²) in [6.45, 7) is 7.34. The van der Waals surface area contributed by atoms with Crippen LogP contribution in [0.2, 0.25) is 0 Å². The van der Waals surface area contributed by atoms with Gasteiger partial charge in [-0.25, -0.2) is 15.6 Å². The van der Waals surface area contributed by atoms with Gasteiger partial charge in [0.25, 0.3) is 0 Å². The SMILES string of the molecule is Cc1cccc(N(N)C(=O)OC(C)(C)C)c1. The monoisotopic (exact) mass is 222 g/mol. The fourth-order valence-corrected chi connectivity index (χ4v) is 1.19. The molecule has 0 bridgehead atoms. The van der Waals surface area contributed by atoms with Gasteiger partial charge in [-0.3, -0.25) is 0 Å². The van der Waals surface area contributed by atoms with Crippen LogP contribution < -0.4 is 10.9 Å². The molecular weight excluding hydrogens is 204 g/mol. The molecule has 0 aromatic heterocycles. The Morgan fingerprint density at radius 3 is 2.50 bits per heavy atom. The van der Waals surface area contributed by atoms with Crippen molar-refractivity contribution in [3.8, 4) is 0 Å². The summed E-state index contributed by atoms with van der Waals surface area (Å²) in [6, 6.07) is 7.36. The van der Waals surface area contributed by atoms with E-state index in [1.807, 2.05) is 25.1 Å². The summed E-state index contributed by atoms with van der Waals surface area (Å²) in [6.07, 6.45) is -0.557. The molecule has 0 heterocycles. The van der Waals surface area contributed by atoms with E-state index in [0.717, 1.165) is 10.6 Å². The molecule has 0 aliphatic carbocycles. The number of nitrogens with zero attached hydrogens (tertiary/aromatic N) is 1. The van der Waals surface area contributed by atoms with Crippen molar-refractivity contribution in [3.63, 3.8) is 0 Å². The van der Waals surface area contributed by atoms with Gasteiger partial charge in [-0.05, 0) is 45.4 Å². The summed E-state index contributed by atoms with van der Waals surface area (Å²) in [5.74, 6) is 5.67. The third-order valence-corrected chi connectivity index (χ3v) is 1.87. The third-order valence-electron chi connectivity index (χ3n) is 1.87. The van der Waals surface area contributed by atoms with Crippen LogP contribution in [0.4, 0.5) is 10.5 Å². The molecule has 1 aromatic carbocycles. The van der Waals surface area contributed by atoms with Crippen LogP contribution >= 0.6 is 0 Å². The molecular formula is C12H18N2O2. The van der Waals surface area contributed by atoms with E-state index in [0.29, 0.717) is 5.69 Å². The number of hydrazine groups is 1. The number of ether oxygens (including phenoxy) is 1. The van der Waals surface area contributed by atoms with E-state index in [1.54, 1.807) is 26.8 Å². The molecule has 0 spiro atoms. The normalized spacial score (nSPS) is 11.1. The average molecular weight is 222 g/mol. The number of benzene rings is 1. The lowest BCUT2D eigenvalue weighted by Crippen LogP contribution is -2.41. The third kappa shape index (κ3) is 3.55. The van der Waals surface area contributed by atoms with Crippen LogP contribution in [-0.4, -0.2) is 11.7 Å². The first-order valence-electron chi connectivity index (χ1n) is 5.14. The zero-order valence-corrected chi connectivity index (χ0v) is 10.2. The zero-order valence-electron chi connectivity index (χ0n) is 10.2. The summed E-state index contributed by atoms with van der Waals surface area (Å²) >= 11 is 0. The van der Waals surface area contributed by atoms with Gasteiger partial charge in [-0.15, -0.1) is 0 Å². The van der Waals surface area contributed by atoms with Gasteiger partial charge in [0.05, 0.1) is 5.69 Å². The first kappa shape index (κ1) is 12.5. The fourth-order valence-electron chi connectivity index (χ4n) is 1.19. The molecule has 88 valence electrons. The molecule has 1 aromatic rings. The Morgan fingerprint density at radius 2 is 2.00 bits per heavy atom. The number of rotatable bonds is 1. The average Bonchev–Trinajstić information content (AvgIpc) is 2.14. The minimum atomic E-state index is -0.557. The molecule has 4 nitrogen and oxygen atoms in total. The molecule has 0 radical (unpaired) electrons. The van der Waals surface area contributed by atoms with E-state index >= 15 is 0 Å². The topological polar surface area (TPSA) is 55.6 Å². The zero-order chi connectivity index (χ0) is 12.3. The van der Waals surface area contributed by atoms with E-state index < -0.39 is 11.7 Å². The standard InChI is InChI=1S/C12H18N2O2/c1-9-6-5-7-10(8-9)14(13)11(15)16-12(2,3)4/h5-8H,13H2,1-4H3. The highest BCUT2D eigenvalue weighted by Crippen LogP contribution is 2.16. The lowest BCUT2D eigenvalue weighted by atomic mass is 10.2. The first-order valence-corrected chi connectivity index (χ1v) is 5.14. The molecule has 0 atom stereocenters. The van der Waals surface area contributed by atoms with Gasteiger partial charge >= 0.3 is 6.09 Å². The molecule has 0 fully saturated rings. The molecule has 0 unspecified atom stereocenters. The molecule has 1 amide bonds. The Kier molecular flexibility index (Phi) is 3.55. The van der Waals surface area contributed by atoms with Gasteiger partial charge < -0.3 is 4.74 Å². The van der Waals surface area contributed by atoms with E-state index in [2.05, 4.69) is 0 Å². The summed E-state index contributed by atoms with van der Waals surface area (Å²) in [5, 5.41) is 1.01. The van der Waals surface area contributed by atoms with Crippen LogP contribution in [0.1, 0.15) is 26.3 Å². The van der Waals surface area contributed by atoms with Crippen LogP contribution in [0.25, 0.3) is 0 Å². The number of nitrogens with two attached hydrogens (primary N) is 1. The summed E-state index contributed by atoms with van der Waals surface area (Å²) in [7, 11) is 0. The number of hydrogen-bond donors (Lipinski definition) is 1. The van der Waals surface area contributed by atoms with Crippen LogP contribution in [-0.2, 0) is 4.74 Å². The van der Waals surface area contributed by atoms with Crippen molar-refractivity contribution < 1.29 is 9.53 Å². The van der Waals surface area contributed by atoms with Crippen molar-refractivity contribution in [2.45, 2.75) is 33.3 Å². The summed E-state index contributed by atoms with van der Waals surface area (Å²) in [5.41, 5.74) is 1.11. The highest BCUT2D eigenvalue weighted by atomic mass is 16.6. The van der Waals surface area contributed by atoms with E-state index in [1.165, 1.54) is 0 Å². The van der Waals surface area contributed by atoms with Gasteiger partial charge in [-0.2, -0.15) is 0 Å². The van der Waals surface area contributed by atoms with Crippen molar-refractivity contribution in [2.75, 3.05) is 5.01 Å². The van der Waals surface area contributed by atoms with E-state index in [4.69, 9.17) is 10.6 Å². The van der Waals surface area contributed by atoms with Crippen molar-refractivity contribution in [2.24, 2.45) is 5.84 Å². The van der Waals surface area contributed by atoms with Gasteiger partial charge in [-0.1, -0.05) is 12.1 Å². The van der Waals surface area contributed by atoms with Crippen LogP contribution in [0.15, 0.2) is 24.3 Å². The van der Waals surface area contributed by atoms with Gasteiger partial charge in [0.1, 0.15) is 5.60 Å². The Bertz CT molecular complexity index is 383. The van der Waals surface area contributed by atoms with Crippen LogP contribution in [0, 0.1) is 6.92 Å². The number of aryl methyl sites for hydroxylation is 1. The Morgan fingerprint density at radius 1 is 1.38 bits per heavy atom. The van der Waals surface area contributed by atoms with E-state index in [9.17, 15) is 4.79 Å². The molecule has 0 saturated heterocycles. The molecule has 0 aliphatic rings. The van der Waals surface area contributed by atoms with Crippen molar-refractivity contribution in [3.05, 3.63) is 29.8 Å². The van der Waals surface area contributed by atoms with Crippen LogP contribution in [0.5, 0.6) is 0 Å². The molecule has 1 rings (SSSR count). The quantitative estimate of drug-likeness (QED) is 0.451. The molecule has 4 heteroatoms. The maximum absolute atomic E-state index is 11.6. The van der Waals surface area contributed by atoms with Gasteiger partial charge in [0.2, 0.25) is 0 Å². The lowest BCUT2D eigenvalue weighted by molar-refractivity contribution is 0.0580. The van der Waals surface area contributed by atoms with Gasteiger partial charge in [0.15, 0.2) is 0 Å². The number of hydrogen-bond acceptors (Lipinski definition) is 3. The largest absolute Gasteiger partial charge is 0.442 e. The predicted molar refractivity (Wildman–Crippen MR) is 64.1 cm³/mol. The lowest BCUT2D eigenvalue weighted by Gasteiger charge is -2.24. The fraction of sp³-hybridized carbons (Fsp3) is 0.417. The second-order valence-corrected chi connectivity index (χ2v) is 4.69. The van der Waals surface area contributed by atoms with Crippen LogP contribution in [0.3, 0.4) is 0 Å². The second-order valence-electron chi connectivity index (χ2n) is 4.69. The smallest absolute Gasteiger partial charge is 0.429 e. The number of anilines is 1. The molecule has 0 aliphatic heterocycles. The highest BCUT2D eigenvalue weighted by Gasteiger charge is 2.20. The second kappa shape index (κ2) is 4.53. The maximum atomic E-state index is 11.6. The highest BCUT2D eigenvalue weighted by molar-refractivity contribution is 5.86. The number of carbonyl (C=O) groups is 1. The van der Waals surface area contributed by atoms with Gasteiger partial charge in [0, 0.05) is 0 Å².